The molecule has 1 aromatic carbocycles. The molecule has 2 rings (SSSR count). The summed E-state index contributed by atoms with van der Waals surface area (Å²) in [5.41, 5.74) is 6.77. The van der Waals surface area contributed by atoms with Gasteiger partial charge in [0.05, 0.1) is 20.8 Å². The number of nitrogens with two attached hydrogens (primary N) is 1. The van der Waals surface area contributed by atoms with Gasteiger partial charge < -0.3 is 29.6 Å². The van der Waals surface area contributed by atoms with Crippen molar-refractivity contribution < 1.29 is 18.9 Å². The molecule has 0 amide bonds. The summed E-state index contributed by atoms with van der Waals surface area (Å²) >= 11 is 0. The molecule has 1 aliphatic rings. The van der Waals surface area contributed by atoms with Crippen LogP contribution in [0.1, 0.15) is 18.9 Å². The second-order valence-corrected chi connectivity index (χ2v) is 6.63. The Morgan fingerprint density at radius 3 is 2.15 bits per heavy atom. The Morgan fingerprint density at radius 2 is 1.59 bits per heavy atom. The molecule has 0 aromatic heterocycles. The van der Waals surface area contributed by atoms with Crippen LogP contribution in [0.25, 0.3) is 0 Å². The summed E-state index contributed by atoms with van der Waals surface area (Å²) < 4.78 is 22.3. The molecule has 0 unspecified atom stereocenters. The number of ether oxygens (including phenoxy) is 4. The van der Waals surface area contributed by atoms with E-state index < -0.39 is 0 Å². The standard InChI is InChI=1S/C20H35N3O4/c1-4-26-12-13-27-20-18(24-2)14-17(15-19(20)25-3)16-23-10-8-22(9-11-23)7-5-6-21/h14-15H,4-13,16,21H2,1-3H3. The van der Waals surface area contributed by atoms with Gasteiger partial charge in [0.2, 0.25) is 5.75 Å². The van der Waals surface area contributed by atoms with Crippen molar-refractivity contribution in [2.75, 3.05) is 73.3 Å². The van der Waals surface area contributed by atoms with E-state index in [1.54, 1.807) is 14.2 Å². The van der Waals surface area contributed by atoms with E-state index in [0.717, 1.165) is 57.8 Å². The van der Waals surface area contributed by atoms with Crippen LogP contribution in [0.2, 0.25) is 0 Å². The van der Waals surface area contributed by atoms with Gasteiger partial charge in [0.25, 0.3) is 0 Å². The molecular weight excluding hydrogens is 346 g/mol. The van der Waals surface area contributed by atoms with E-state index in [9.17, 15) is 0 Å². The lowest BCUT2D eigenvalue weighted by Gasteiger charge is -2.34. The Morgan fingerprint density at radius 1 is 0.963 bits per heavy atom. The van der Waals surface area contributed by atoms with Crippen molar-refractivity contribution in [3.63, 3.8) is 0 Å². The van der Waals surface area contributed by atoms with Gasteiger partial charge in [-0.15, -0.1) is 0 Å². The number of piperazine rings is 1. The summed E-state index contributed by atoms with van der Waals surface area (Å²) in [7, 11) is 3.31. The first-order valence-electron chi connectivity index (χ1n) is 9.82. The highest BCUT2D eigenvalue weighted by Gasteiger charge is 2.19. The topological polar surface area (TPSA) is 69.4 Å². The summed E-state index contributed by atoms with van der Waals surface area (Å²) in [5.74, 6) is 2.03. The molecule has 154 valence electrons. The van der Waals surface area contributed by atoms with E-state index in [1.165, 1.54) is 0 Å². The highest BCUT2D eigenvalue weighted by molar-refractivity contribution is 5.53. The predicted octanol–water partition coefficient (Wildman–Crippen LogP) is 1.59. The van der Waals surface area contributed by atoms with Crippen LogP contribution in [-0.2, 0) is 11.3 Å². The van der Waals surface area contributed by atoms with Crippen molar-refractivity contribution in [2.45, 2.75) is 19.9 Å². The number of nitrogens with zero attached hydrogens (tertiary/aromatic N) is 2. The third kappa shape index (κ3) is 6.84. The average molecular weight is 382 g/mol. The van der Waals surface area contributed by atoms with E-state index in [4.69, 9.17) is 24.7 Å². The SMILES string of the molecule is CCOCCOc1c(OC)cc(CN2CCN(CCCN)CC2)cc1OC. The van der Waals surface area contributed by atoms with Crippen LogP contribution in [0.4, 0.5) is 0 Å². The molecule has 7 nitrogen and oxygen atoms in total. The van der Waals surface area contributed by atoms with Crippen molar-refractivity contribution in [3.05, 3.63) is 17.7 Å². The Kier molecular flexibility index (Phi) is 9.69. The molecule has 1 aliphatic heterocycles. The van der Waals surface area contributed by atoms with Gasteiger partial charge in [0.15, 0.2) is 11.5 Å². The van der Waals surface area contributed by atoms with Crippen LogP contribution >= 0.6 is 0 Å². The van der Waals surface area contributed by atoms with Crippen molar-refractivity contribution in [1.29, 1.82) is 0 Å². The molecule has 0 saturated carbocycles. The minimum absolute atomic E-state index is 0.463. The van der Waals surface area contributed by atoms with E-state index in [2.05, 4.69) is 9.80 Å². The summed E-state index contributed by atoms with van der Waals surface area (Å²) in [6.07, 6.45) is 1.07. The number of methoxy groups -OCH3 is 2. The summed E-state index contributed by atoms with van der Waals surface area (Å²) in [5, 5.41) is 0. The zero-order chi connectivity index (χ0) is 19.5. The quantitative estimate of drug-likeness (QED) is 0.551. The predicted molar refractivity (Wildman–Crippen MR) is 107 cm³/mol. The molecule has 1 aromatic rings. The minimum Gasteiger partial charge on any atom is -0.493 e. The maximum atomic E-state index is 5.84. The Hall–Kier alpha value is -1.54. The van der Waals surface area contributed by atoms with Crippen LogP contribution in [0, 0.1) is 0 Å². The van der Waals surface area contributed by atoms with E-state index >= 15 is 0 Å². The van der Waals surface area contributed by atoms with Crippen LogP contribution < -0.4 is 19.9 Å². The highest BCUT2D eigenvalue weighted by atomic mass is 16.6. The van der Waals surface area contributed by atoms with Crippen LogP contribution in [0.15, 0.2) is 12.1 Å². The lowest BCUT2D eigenvalue weighted by Crippen LogP contribution is -2.46. The summed E-state index contributed by atoms with van der Waals surface area (Å²) in [6.45, 7) is 10.7. The van der Waals surface area contributed by atoms with Gasteiger partial charge in [0.1, 0.15) is 6.61 Å². The second-order valence-electron chi connectivity index (χ2n) is 6.63. The minimum atomic E-state index is 0.463. The summed E-state index contributed by atoms with van der Waals surface area (Å²) in [6, 6.07) is 4.08. The number of hydrogen-bond donors (Lipinski definition) is 1. The van der Waals surface area contributed by atoms with Crippen molar-refractivity contribution >= 4 is 0 Å². The number of hydrogen-bond acceptors (Lipinski definition) is 7. The molecule has 0 aliphatic carbocycles. The average Bonchev–Trinajstić information content (AvgIpc) is 2.70. The molecule has 1 heterocycles. The fraction of sp³-hybridized carbons (Fsp3) is 0.700. The fourth-order valence-corrected chi connectivity index (χ4v) is 3.26. The largest absolute Gasteiger partial charge is 0.493 e. The molecule has 7 heteroatoms. The summed E-state index contributed by atoms with van der Waals surface area (Å²) in [4.78, 5) is 4.95. The molecule has 27 heavy (non-hydrogen) atoms. The molecular formula is C20H35N3O4. The smallest absolute Gasteiger partial charge is 0.203 e. The van der Waals surface area contributed by atoms with Crippen LogP contribution in [0.5, 0.6) is 17.2 Å². The molecule has 0 radical (unpaired) electrons. The zero-order valence-corrected chi connectivity index (χ0v) is 17.0. The first-order valence-corrected chi connectivity index (χ1v) is 9.82. The number of benzene rings is 1. The van der Waals surface area contributed by atoms with Crippen molar-refractivity contribution in [3.8, 4) is 17.2 Å². The fourth-order valence-electron chi connectivity index (χ4n) is 3.26. The maximum absolute atomic E-state index is 5.84. The van der Waals surface area contributed by atoms with E-state index in [-0.39, 0.29) is 0 Å². The van der Waals surface area contributed by atoms with Crippen molar-refractivity contribution in [2.24, 2.45) is 5.73 Å². The molecule has 1 fully saturated rings. The Bertz CT molecular complexity index is 523. The highest BCUT2D eigenvalue weighted by Crippen LogP contribution is 2.38. The third-order valence-corrected chi connectivity index (χ3v) is 4.75. The second kappa shape index (κ2) is 12.0. The number of rotatable bonds is 12. The molecule has 0 bridgehead atoms. The molecule has 2 N–H and O–H groups in total. The molecule has 0 atom stereocenters. The van der Waals surface area contributed by atoms with Gasteiger partial charge >= 0.3 is 0 Å². The van der Waals surface area contributed by atoms with E-state index in [0.29, 0.717) is 37.1 Å². The Balaban J connectivity index is 1.97. The van der Waals surface area contributed by atoms with Crippen LogP contribution in [0.3, 0.4) is 0 Å². The zero-order valence-electron chi connectivity index (χ0n) is 17.0. The lowest BCUT2D eigenvalue weighted by molar-refractivity contribution is 0.107. The lowest BCUT2D eigenvalue weighted by atomic mass is 10.1. The molecule has 1 saturated heterocycles. The normalized spacial score (nSPS) is 15.7. The third-order valence-electron chi connectivity index (χ3n) is 4.75. The van der Waals surface area contributed by atoms with Gasteiger partial charge in [-0.2, -0.15) is 0 Å². The van der Waals surface area contributed by atoms with Gasteiger partial charge in [0, 0.05) is 39.3 Å². The first kappa shape index (κ1) is 21.8. The monoisotopic (exact) mass is 381 g/mol. The Labute approximate surface area is 163 Å². The maximum Gasteiger partial charge on any atom is 0.203 e. The van der Waals surface area contributed by atoms with Crippen molar-refractivity contribution in [1.82, 2.24) is 9.80 Å². The van der Waals surface area contributed by atoms with Gasteiger partial charge in [-0.05, 0) is 44.1 Å². The van der Waals surface area contributed by atoms with Crippen LogP contribution in [-0.4, -0.2) is 83.1 Å². The van der Waals surface area contributed by atoms with Gasteiger partial charge in [-0.25, -0.2) is 0 Å². The van der Waals surface area contributed by atoms with Gasteiger partial charge in [-0.1, -0.05) is 0 Å². The first-order chi connectivity index (χ1) is 13.2. The van der Waals surface area contributed by atoms with E-state index in [1.807, 2.05) is 19.1 Å². The van der Waals surface area contributed by atoms with Gasteiger partial charge in [-0.3, -0.25) is 4.90 Å². The molecule has 0 spiro atoms.